The van der Waals surface area contributed by atoms with Gasteiger partial charge in [0.15, 0.2) is 0 Å². The van der Waals surface area contributed by atoms with Crippen LogP contribution < -0.4 is 0 Å². The number of hydrogen-bond donors (Lipinski definition) is 1. The third kappa shape index (κ3) is 9.92. The van der Waals surface area contributed by atoms with Gasteiger partial charge in [0, 0.05) is 13.2 Å². The maximum absolute atomic E-state index is 8.55. The van der Waals surface area contributed by atoms with Gasteiger partial charge in [0.1, 0.15) is 0 Å². The van der Waals surface area contributed by atoms with E-state index < -0.39 is 0 Å². The summed E-state index contributed by atoms with van der Waals surface area (Å²) in [6.07, 6.45) is 2.12. The largest absolute Gasteiger partial charge is 0.396 e. The molecule has 0 amide bonds. The van der Waals surface area contributed by atoms with E-state index in [0.717, 1.165) is 26.1 Å². The Bertz CT molecular complexity index is 66.9. The average Bonchev–Trinajstić information content (AvgIpc) is 2.15. The minimum atomic E-state index is 0.320. The van der Waals surface area contributed by atoms with Crippen molar-refractivity contribution in [1.29, 1.82) is 0 Å². The fourth-order valence-electron chi connectivity index (χ4n) is 1.04. The molecule has 0 spiro atoms. The Hall–Kier alpha value is -0.0800. The van der Waals surface area contributed by atoms with Crippen LogP contribution in [0.3, 0.4) is 0 Å². The number of aliphatic hydroxyl groups excluding tert-OH is 1. The molecule has 0 aliphatic heterocycles. The van der Waals surface area contributed by atoms with Crippen LogP contribution >= 0.6 is 0 Å². The molecule has 0 unspecified atom stereocenters. The summed E-state index contributed by atoms with van der Waals surface area (Å²) in [6.45, 7) is 12.0. The minimum Gasteiger partial charge on any atom is -0.396 e. The van der Waals surface area contributed by atoms with E-state index >= 15 is 0 Å². The molecule has 0 fully saturated rings. The van der Waals surface area contributed by atoms with Gasteiger partial charge in [0.25, 0.3) is 0 Å². The normalized spacial score (nSPS) is 9.50. The van der Waals surface area contributed by atoms with Crippen molar-refractivity contribution in [3.8, 4) is 0 Å². The van der Waals surface area contributed by atoms with Crippen LogP contribution in [0.25, 0.3) is 0 Å². The second-order valence-corrected chi connectivity index (χ2v) is 2.51. The molecule has 0 aromatic rings. The number of rotatable bonds is 6. The molecule has 0 aromatic heterocycles. The van der Waals surface area contributed by atoms with Crippen LogP contribution in [0.2, 0.25) is 0 Å². The van der Waals surface area contributed by atoms with Crippen molar-refractivity contribution in [2.24, 2.45) is 0 Å². The summed E-state index contributed by atoms with van der Waals surface area (Å²) in [7, 11) is 0. The van der Waals surface area contributed by atoms with Gasteiger partial charge >= 0.3 is 0 Å². The molecule has 0 aromatic carbocycles. The van der Waals surface area contributed by atoms with E-state index in [1.54, 1.807) is 0 Å². The zero-order valence-corrected chi connectivity index (χ0v) is 9.14. The summed E-state index contributed by atoms with van der Waals surface area (Å²) < 4.78 is 0. The molecule has 76 valence electrons. The second kappa shape index (κ2) is 13.5. The maximum atomic E-state index is 8.55. The van der Waals surface area contributed by atoms with E-state index in [9.17, 15) is 0 Å². The quantitative estimate of drug-likeness (QED) is 0.668. The molecule has 0 aliphatic rings. The lowest BCUT2D eigenvalue weighted by molar-refractivity contribution is 0.230. The highest BCUT2D eigenvalue weighted by Gasteiger charge is 1.97. The summed E-state index contributed by atoms with van der Waals surface area (Å²) in [4.78, 5) is 2.36. The average molecular weight is 175 g/mol. The molecule has 2 nitrogen and oxygen atoms in total. The lowest BCUT2D eigenvalue weighted by atomic mass is 10.3. The van der Waals surface area contributed by atoms with Gasteiger partial charge in [-0.2, -0.15) is 0 Å². The first-order chi connectivity index (χ1) is 5.85. The first kappa shape index (κ1) is 14.4. The Morgan fingerprint density at radius 1 is 1.08 bits per heavy atom. The fraction of sp³-hybridized carbons (Fsp3) is 1.00. The van der Waals surface area contributed by atoms with E-state index in [1.165, 1.54) is 6.42 Å². The summed E-state index contributed by atoms with van der Waals surface area (Å²) >= 11 is 0. The Kier molecular flexibility index (Phi) is 16.3. The minimum absolute atomic E-state index is 0.320. The van der Waals surface area contributed by atoms with Crippen LogP contribution in [0.5, 0.6) is 0 Å². The fourth-order valence-corrected chi connectivity index (χ4v) is 1.04. The van der Waals surface area contributed by atoms with Crippen LogP contribution in [0.4, 0.5) is 0 Å². The summed E-state index contributed by atoms with van der Waals surface area (Å²) in [5.74, 6) is 0. The zero-order valence-electron chi connectivity index (χ0n) is 9.14. The molecule has 0 saturated heterocycles. The van der Waals surface area contributed by atoms with Crippen molar-refractivity contribution < 1.29 is 5.11 Å². The topological polar surface area (TPSA) is 23.5 Å². The lowest BCUT2D eigenvalue weighted by Crippen LogP contribution is -2.25. The predicted octanol–water partition coefficient (Wildman–Crippen LogP) is 2.13. The third-order valence-electron chi connectivity index (χ3n) is 1.62. The molecule has 12 heavy (non-hydrogen) atoms. The highest BCUT2D eigenvalue weighted by atomic mass is 16.3. The van der Waals surface area contributed by atoms with Crippen LogP contribution in [-0.2, 0) is 0 Å². The third-order valence-corrected chi connectivity index (χ3v) is 1.62. The molecule has 0 rings (SSSR count). The van der Waals surface area contributed by atoms with E-state index in [2.05, 4.69) is 18.7 Å². The van der Waals surface area contributed by atoms with Crippen LogP contribution in [0.1, 0.15) is 40.5 Å². The molecular weight excluding hydrogens is 150 g/mol. The van der Waals surface area contributed by atoms with Gasteiger partial charge in [-0.1, -0.05) is 27.7 Å². The highest BCUT2D eigenvalue weighted by molar-refractivity contribution is 4.52. The Morgan fingerprint density at radius 3 is 2.00 bits per heavy atom. The van der Waals surface area contributed by atoms with Crippen molar-refractivity contribution in [1.82, 2.24) is 4.90 Å². The van der Waals surface area contributed by atoms with Gasteiger partial charge in [-0.05, 0) is 25.9 Å². The Labute approximate surface area is 77.6 Å². The zero-order chi connectivity index (χ0) is 9.82. The van der Waals surface area contributed by atoms with Crippen LogP contribution in [0, 0.1) is 0 Å². The smallest absolute Gasteiger partial charge is 0.0443 e. The summed E-state index contributed by atoms with van der Waals surface area (Å²) in [5.41, 5.74) is 0. The Morgan fingerprint density at radius 2 is 1.67 bits per heavy atom. The first-order valence-corrected chi connectivity index (χ1v) is 5.18. The second-order valence-electron chi connectivity index (χ2n) is 2.51. The molecule has 0 heterocycles. The van der Waals surface area contributed by atoms with Crippen LogP contribution in [-0.4, -0.2) is 36.2 Å². The highest BCUT2D eigenvalue weighted by Crippen LogP contribution is 1.91. The van der Waals surface area contributed by atoms with E-state index in [-0.39, 0.29) is 0 Å². The standard InChI is InChI=1S/C8H19NO.C2H6/c1-3-6-9(4-2)7-5-8-10;1-2/h10H,3-8H2,1-2H3;1-2H3. The molecule has 0 atom stereocenters. The number of hydrogen-bond acceptors (Lipinski definition) is 2. The molecule has 0 saturated carbocycles. The Balaban J connectivity index is 0. The van der Waals surface area contributed by atoms with Gasteiger partial charge in [-0.25, -0.2) is 0 Å². The number of aliphatic hydroxyl groups is 1. The van der Waals surface area contributed by atoms with E-state index in [0.29, 0.717) is 6.61 Å². The monoisotopic (exact) mass is 175 g/mol. The maximum Gasteiger partial charge on any atom is 0.0443 e. The van der Waals surface area contributed by atoms with Crippen molar-refractivity contribution in [2.75, 3.05) is 26.2 Å². The molecule has 2 heteroatoms. The molecule has 0 radical (unpaired) electrons. The van der Waals surface area contributed by atoms with Crippen molar-refractivity contribution in [3.63, 3.8) is 0 Å². The predicted molar refractivity (Wildman–Crippen MR) is 55.5 cm³/mol. The molecular formula is C10H25NO. The van der Waals surface area contributed by atoms with E-state index in [1.807, 2.05) is 13.8 Å². The van der Waals surface area contributed by atoms with Crippen molar-refractivity contribution >= 4 is 0 Å². The SMILES string of the molecule is CC.CCCN(CC)CCCO. The molecule has 0 bridgehead atoms. The van der Waals surface area contributed by atoms with Gasteiger partial charge in [0.2, 0.25) is 0 Å². The van der Waals surface area contributed by atoms with Gasteiger partial charge in [-0.3, -0.25) is 0 Å². The summed E-state index contributed by atoms with van der Waals surface area (Å²) in [5, 5.41) is 8.55. The number of nitrogens with zero attached hydrogens (tertiary/aromatic N) is 1. The molecule has 1 N–H and O–H groups in total. The van der Waals surface area contributed by atoms with Gasteiger partial charge < -0.3 is 10.0 Å². The van der Waals surface area contributed by atoms with Gasteiger partial charge in [0.05, 0.1) is 0 Å². The first-order valence-electron chi connectivity index (χ1n) is 5.18. The van der Waals surface area contributed by atoms with Crippen molar-refractivity contribution in [2.45, 2.75) is 40.5 Å². The van der Waals surface area contributed by atoms with Gasteiger partial charge in [-0.15, -0.1) is 0 Å². The summed E-state index contributed by atoms with van der Waals surface area (Å²) in [6, 6.07) is 0. The van der Waals surface area contributed by atoms with Crippen LogP contribution in [0.15, 0.2) is 0 Å². The van der Waals surface area contributed by atoms with E-state index in [4.69, 9.17) is 5.11 Å². The molecule has 0 aliphatic carbocycles. The lowest BCUT2D eigenvalue weighted by Gasteiger charge is -2.18. The van der Waals surface area contributed by atoms with Crippen molar-refractivity contribution in [3.05, 3.63) is 0 Å².